The number of aliphatic hydroxyl groups is 1. The van der Waals surface area contributed by atoms with E-state index in [4.69, 9.17) is 14.2 Å². The Morgan fingerprint density at radius 2 is 1.65 bits per heavy atom. The molecule has 0 unspecified atom stereocenters. The van der Waals surface area contributed by atoms with E-state index in [0.717, 1.165) is 39.1 Å². The van der Waals surface area contributed by atoms with E-state index in [1.54, 1.807) is 11.8 Å². The predicted octanol–water partition coefficient (Wildman–Crippen LogP) is 7.84. The van der Waals surface area contributed by atoms with Crippen LogP contribution in [-0.2, 0) is 27.4 Å². The number of nitrogens with one attached hydrogen (secondary N) is 1. The number of carbonyl (C=O) groups excluding carboxylic acids is 1. The fourth-order valence-electron chi connectivity index (χ4n) is 5.06. The van der Waals surface area contributed by atoms with Crippen LogP contribution in [-0.4, -0.2) is 29.7 Å². The number of aliphatic hydroxyl groups excluding tert-OH is 1. The number of rotatable bonds is 11. The Morgan fingerprint density at radius 1 is 0.907 bits per heavy atom. The van der Waals surface area contributed by atoms with Crippen molar-refractivity contribution in [1.82, 2.24) is 5.32 Å². The summed E-state index contributed by atoms with van der Waals surface area (Å²) in [5, 5.41) is 12.3. The van der Waals surface area contributed by atoms with Crippen molar-refractivity contribution in [3.8, 4) is 11.1 Å². The summed E-state index contributed by atoms with van der Waals surface area (Å²) in [6.07, 6.45) is 0.349. The summed E-state index contributed by atoms with van der Waals surface area (Å²) in [6.45, 7) is 6.29. The summed E-state index contributed by atoms with van der Waals surface area (Å²) in [6, 6.07) is 34.7. The Kier molecular flexibility index (Phi) is 10.7. The molecule has 0 saturated carbocycles. The van der Waals surface area contributed by atoms with Crippen LogP contribution in [0.2, 0.25) is 0 Å². The molecular weight excluding hydrogens is 558 g/mol. The zero-order valence-electron chi connectivity index (χ0n) is 24.2. The largest absolute Gasteiger partial charge is 0.445 e. The SMILES string of the molecule is C=CCOC(=O)NCc1cccc(-c2ccc([C@@H]3O[C@H](CSc4ccccc4)[C@H](C)[C@H](c4ccc(CO)cc4)O3)cc2)c1. The highest BCUT2D eigenvalue weighted by molar-refractivity contribution is 7.99. The van der Waals surface area contributed by atoms with Gasteiger partial charge in [0.15, 0.2) is 6.29 Å². The molecule has 43 heavy (non-hydrogen) atoms. The molecule has 7 heteroatoms. The number of carbonyl (C=O) groups is 1. The minimum Gasteiger partial charge on any atom is -0.445 e. The smallest absolute Gasteiger partial charge is 0.407 e. The number of ether oxygens (including phenoxy) is 3. The maximum Gasteiger partial charge on any atom is 0.407 e. The van der Waals surface area contributed by atoms with E-state index in [1.807, 2.05) is 48.5 Å². The van der Waals surface area contributed by atoms with E-state index < -0.39 is 12.4 Å². The van der Waals surface area contributed by atoms with Crippen molar-refractivity contribution in [2.75, 3.05) is 12.4 Å². The van der Waals surface area contributed by atoms with Crippen LogP contribution in [0.25, 0.3) is 11.1 Å². The molecule has 1 aliphatic rings. The lowest BCUT2D eigenvalue weighted by atomic mass is 9.91. The summed E-state index contributed by atoms with van der Waals surface area (Å²) >= 11 is 1.79. The Balaban J connectivity index is 1.32. The first kappa shape index (κ1) is 30.6. The average molecular weight is 596 g/mol. The molecule has 0 spiro atoms. The van der Waals surface area contributed by atoms with Crippen LogP contribution >= 0.6 is 11.8 Å². The van der Waals surface area contributed by atoms with E-state index in [2.05, 4.69) is 73.4 Å². The number of hydrogen-bond donors (Lipinski definition) is 2. The summed E-state index contributed by atoms with van der Waals surface area (Å²) in [4.78, 5) is 13.0. The van der Waals surface area contributed by atoms with Crippen LogP contribution in [0.3, 0.4) is 0 Å². The third-order valence-corrected chi connectivity index (χ3v) is 8.59. The summed E-state index contributed by atoms with van der Waals surface area (Å²) in [5.41, 5.74) is 5.96. The molecule has 222 valence electrons. The molecule has 4 atom stereocenters. The fraction of sp³-hybridized carbons (Fsp3) is 0.250. The van der Waals surface area contributed by atoms with E-state index in [0.29, 0.717) is 6.54 Å². The monoisotopic (exact) mass is 595 g/mol. The topological polar surface area (TPSA) is 77.0 Å². The first-order chi connectivity index (χ1) is 21.0. The first-order valence-electron chi connectivity index (χ1n) is 14.4. The molecule has 6 nitrogen and oxygen atoms in total. The van der Waals surface area contributed by atoms with Gasteiger partial charge in [0.2, 0.25) is 0 Å². The van der Waals surface area contributed by atoms with E-state index >= 15 is 0 Å². The quantitative estimate of drug-likeness (QED) is 0.136. The molecule has 0 aromatic heterocycles. The van der Waals surface area contributed by atoms with Crippen LogP contribution in [0.1, 0.15) is 41.6 Å². The van der Waals surface area contributed by atoms with E-state index in [1.165, 1.54) is 11.0 Å². The maximum absolute atomic E-state index is 11.8. The molecule has 4 aromatic rings. The third-order valence-electron chi connectivity index (χ3n) is 7.49. The van der Waals surface area contributed by atoms with Gasteiger partial charge >= 0.3 is 6.09 Å². The fourth-order valence-corrected chi connectivity index (χ4v) is 6.15. The third kappa shape index (κ3) is 8.15. The van der Waals surface area contributed by atoms with Crippen molar-refractivity contribution in [1.29, 1.82) is 0 Å². The van der Waals surface area contributed by atoms with Crippen molar-refractivity contribution >= 4 is 17.9 Å². The van der Waals surface area contributed by atoms with E-state index in [-0.39, 0.29) is 31.3 Å². The molecule has 0 aliphatic carbocycles. The minimum atomic E-state index is -0.522. The van der Waals surface area contributed by atoms with Crippen LogP contribution < -0.4 is 5.32 Å². The molecule has 0 radical (unpaired) electrons. The second-order valence-corrected chi connectivity index (χ2v) is 11.6. The number of benzene rings is 4. The number of amides is 1. The van der Waals surface area contributed by atoms with Crippen molar-refractivity contribution in [2.24, 2.45) is 5.92 Å². The summed E-state index contributed by atoms with van der Waals surface area (Å²) in [5.74, 6) is 0.924. The van der Waals surface area contributed by atoms with Gasteiger partial charge in [-0.15, -0.1) is 11.8 Å². The van der Waals surface area contributed by atoms with Gasteiger partial charge in [0.1, 0.15) is 6.61 Å². The Labute approximate surface area is 257 Å². The lowest BCUT2D eigenvalue weighted by Crippen LogP contribution is -2.38. The Hall–Kier alpha value is -3.88. The summed E-state index contributed by atoms with van der Waals surface area (Å²) < 4.78 is 18.2. The van der Waals surface area contributed by atoms with Gasteiger partial charge in [0.05, 0.1) is 18.8 Å². The zero-order valence-corrected chi connectivity index (χ0v) is 25.0. The lowest BCUT2D eigenvalue weighted by Gasteiger charge is -2.41. The maximum atomic E-state index is 11.8. The van der Waals surface area contributed by atoms with Gasteiger partial charge < -0.3 is 24.6 Å². The van der Waals surface area contributed by atoms with Crippen LogP contribution in [0, 0.1) is 5.92 Å². The molecule has 2 N–H and O–H groups in total. The van der Waals surface area contributed by atoms with Gasteiger partial charge in [0, 0.05) is 28.7 Å². The van der Waals surface area contributed by atoms with Gasteiger partial charge in [0.25, 0.3) is 0 Å². The normalized spacial score (nSPS) is 19.9. The highest BCUT2D eigenvalue weighted by Crippen LogP contribution is 2.43. The van der Waals surface area contributed by atoms with Crippen molar-refractivity contribution < 1.29 is 24.1 Å². The predicted molar refractivity (Wildman–Crippen MR) is 170 cm³/mol. The number of hydrogen-bond acceptors (Lipinski definition) is 6. The van der Waals surface area contributed by atoms with Gasteiger partial charge in [-0.25, -0.2) is 4.79 Å². The Bertz CT molecular complexity index is 1480. The van der Waals surface area contributed by atoms with Gasteiger partial charge in [-0.1, -0.05) is 105 Å². The van der Waals surface area contributed by atoms with Crippen molar-refractivity contribution in [3.05, 3.63) is 138 Å². The van der Waals surface area contributed by atoms with Crippen LogP contribution in [0.4, 0.5) is 4.79 Å². The first-order valence-corrected chi connectivity index (χ1v) is 15.4. The van der Waals surface area contributed by atoms with Crippen LogP contribution in [0.5, 0.6) is 0 Å². The minimum absolute atomic E-state index is 0.0114. The second kappa shape index (κ2) is 15.0. The van der Waals surface area contributed by atoms with Gasteiger partial charge in [-0.2, -0.15) is 0 Å². The highest BCUT2D eigenvalue weighted by atomic mass is 32.2. The van der Waals surface area contributed by atoms with Gasteiger partial charge in [-0.05, 0) is 46.0 Å². The van der Waals surface area contributed by atoms with Gasteiger partial charge in [-0.3, -0.25) is 0 Å². The standard InChI is InChI=1S/C36H37NO5S/c1-3-20-40-36(39)37-22-27-8-7-9-31(21-27)28-16-18-30(19-17-28)35-41-33(24-43-32-10-5-4-6-11-32)25(2)34(42-35)29-14-12-26(23-38)13-15-29/h3-19,21,25,33-35,38H,1,20,22-24H2,2H3,(H,37,39)/t25-,33+,34+,35+/m0/s1. The molecule has 1 amide bonds. The van der Waals surface area contributed by atoms with Crippen molar-refractivity contribution in [2.45, 2.75) is 43.5 Å². The van der Waals surface area contributed by atoms with Crippen molar-refractivity contribution in [3.63, 3.8) is 0 Å². The molecular formula is C36H37NO5S. The Morgan fingerprint density at radius 3 is 2.37 bits per heavy atom. The molecule has 4 aromatic carbocycles. The number of alkyl carbamates (subject to hydrolysis) is 1. The molecule has 1 saturated heterocycles. The highest BCUT2D eigenvalue weighted by Gasteiger charge is 2.38. The molecule has 1 heterocycles. The number of thioether (sulfide) groups is 1. The van der Waals surface area contributed by atoms with Crippen LogP contribution in [0.15, 0.2) is 121 Å². The molecule has 5 rings (SSSR count). The molecule has 0 bridgehead atoms. The lowest BCUT2D eigenvalue weighted by molar-refractivity contribution is -0.268. The molecule has 1 aliphatic heterocycles. The molecule has 1 fully saturated rings. The zero-order chi connectivity index (χ0) is 30.0. The van der Waals surface area contributed by atoms with E-state index in [9.17, 15) is 9.90 Å². The second-order valence-electron chi connectivity index (χ2n) is 10.5. The average Bonchev–Trinajstić information content (AvgIpc) is 3.06. The summed E-state index contributed by atoms with van der Waals surface area (Å²) in [7, 11) is 0.